The molecule has 0 radical (unpaired) electrons. The number of ether oxygens (including phenoxy) is 1. The third kappa shape index (κ3) is 3.02. The number of aromatic nitrogens is 2. The first-order valence-corrected chi connectivity index (χ1v) is 6.88. The van der Waals surface area contributed by atoms with Gasteiger partial charge in [-0.05, 0) is 26.3 Å². The lowest BCUT2D eigenvalue weighted by molar-refractivity contribution is 0.160. The number of nitrogens with zero attached hydrogens (tertiary/aromatic N) is 2. The minimum Gasteiger partial charge on any atom is -0.493 e. The third-order valence-electron chi connectivity index (χ3n) is 3.37. The number of benzene rings is 1. The third-order valence-corrected chi connectivity index (χ3v) is 3.37. The molecule has 0 saturated carbocycles. The van der Waals surface area contributed by atoms with Crippen LogP contribution < -0.4 is 4.74 Å². The maximum atomic E-state index is 10.5. The fraction of sp³-hybridized carbons (Fsp3) is 0.438. The van der Waals surface area contributed by atoms with Gasteiger partial charge in [-0.15, -0.1) is 0 Å². The van der Waals surface area contributed by atoms with Crippen molar-refractivity contribution in [1.82, 2.24) is 9.78 Å². The van der Waals surface area contributed by atoms with Crippen LogP contribution in [0.25, 0.3) is 0 Å². The normalized spacial score (nSPS) is 12.7. The lowest BCUT2D eigenvalue weighted by atomic mass is 10.0. The lowest BCUT2D eigenvalue weighted by Gasteiger charge is -2.17. The fourth-order valence-corrected chi connectivity index (χ4v) is 2.29. The molecule has 2 aromatic rings. The summed E-state index contributed by atoms with van der Waals surface area (Å²) >= 11 is 0. The molecule has 1 unspecified atom stereocenters. The van der Waals surface area contributed by atoms with Crippen LogP contribution in [0.3, 0.4) is 0 Å². The maximum absolute atomic E-state index is 10.5. The zero-order valence-corrected chi connectivity index (χ0v) is 12.5. The first kappa shape index (κ1) is 14.6. The number of hydrogen-bond donors (Lipinski definition) is 1. The molecule has 0 fully saturated rings. The molecule has 4 nitrogen and oxygen atoms in total. The summed E-state index contributed by atoms with van der Waals surface area (Å²) in [6.07, 6.45) is 1.58. The second-order valence-electron chi connectivity index (χ2n) is 5.34. The van der Waals surface area contributed by atoms with Gasteiger partial charge in [0, 0.05) is 12.5 Å². The molecule has 0 amide bonds. The van der Waals surface area contributed by atoms with E-state index in [4.69, 9.17) is 4.74 Å². The maximum Gasteiger partial charge on any atom is 0.162 e. The highest BCUT2D eigenvalue weighted by molar-refractivity contribution is 5.30. The minimum absolute atomic E-state index is 0.182. The van der Waals surface area contributed by atoms with Crippen LogP contribution in [0, 0.1) is 6.92 Å². The predicted octanol–water partition coefficient (Wildman–Crippen LogP) is 3.06. The minimum atomic E-state index is -0.627. The van der Waals surface area contributed by atoms with Crippen molar-refractivity contribution in [1.29, 1.82) is 0 Å². The molecule has 108 valence electrons. The van der Waals surface area contributed by atoms with E-state index in [1.165, 1.54) is 5.56 Å². The van der Waals surface area contributed by atoms with Gasteiger partial charge in [-0.1, -0.05) is 29.8 Å². The summed E-state index contributed by atoms with van der Waals surface area (Å²) in [5.41, 5.74) is 3.05. The predicted molar refractivity (Wildman–Crippen MR) is 79.0 cm³/mol. The fourth-order valence-electron chi connectivity index (χ4n) is 2.29. The average molecular weight is 274 g/mol. The van der Waals surface area contributed by atoms with E-state index < -0.39 is 6.10 Å². The van der Waals surface area contributed by atoms with Gasteiger partial charge in [0.15, 0.2) is 5.75 Å². The van der Waals surface area contributed by atoms with Gasteiger partial charge >= 0.3 is 0 Å². The van der Waals surface area contributed by atoms with Gasteiger partial charge in [0.1, 0.15) is 11.8 Å². The number of aliphatic hydroxyl groups excluding tert-OH is 1. The molecule has 2 rings (SSSR count). The molecule has 1 atom stereocenters. The van der Waals surface area contributed by atoms with Crippen LogP contribution in [0.5, 0.6) is 5.75 Å². The van der Waals surface area contributed by atoms with Crippen molar-refractivity contribution in [2.24, 2.45) is 0 Å². The summed E-state index contributed by atoms with van der Waals surface area (Å²) < 4.78 is 7.13. The van der Waals surface area contributed by atoms with Gasteiger partial charge in [-0.25, -0.2) is 0 Å². The summed E-state index contributed by atoms with van der Waals surface area (Å²) in [6.45, 7) is 6.13. The summed E-state index contributed by atoms with van der Waals surface area (Å²) in [6, 6.07) is 8.38. The van der Waals surface area contributed by atoms with Crippen molar-refractivity contribution < 1.29 is 9.84 Å². The van der Waals surface area contributed by atoms with Gasteiger partial charge in [-0.3, -0.25) is 4.68 Å². The van der Waals surface area contributed by atoms with E-state index in [2.05, 4.69) is 24.2 Å². The van der Waals surface area contributed by atoms with Crippen LogP contribution >= 0.6 is 0 Å². The van der Waals surface area contributed by atoms with E-state index in [0.717, 1.165) is 11.3 Å². The van der Waals surface area contributed by atoms with Crippen molar-refractivity contribution in [3.8, 4) is 5.75 Å². The van der Waals surface area contributed by atoms with E-state index in [1.807, 2.05) is 30.7 Å². The summed E-state index contributed by atoms with van der Waals surface area (Å²) in [5.74, 6) is 0.637. The average Bonchev–Trinajstić information content (AvgIpc) is 2.85. The number of aryl methyl sites for hydroxylation is 1. The van der Waals surface area contributed by atoms with Crippen LogP contribution in [0.15, 0.2) is 30.5 Å². The molecule has 1 heterocycles. The molecule has 0 saturated heterocycles. The number of hydrogen-bond acceptors (Lipinski definition) is 3. The van der Waals surface area contributed by atoms with E-state index in [-0.39, 0.29) is 6.04 Å². The number of rotatable bonds is 5. The highest BCUT2D eigenvalue weighted by Gasteiger charge is 2.21. The Balaban J connectivity index is 2.26. The first-order valence-electron chi connectivity index (χ1n) is 6.88. The van der Waals surface area contributed by atoms with E-state index in [1.54, 1.807) is 13.3 Å². The monoisotopic (exact) mass is 274 g/mol. The molecule has 0 aliphatic rings. The SMILES string of the molecule is COc1cnn(C(C)C)c1C(O)Cc1ccc(C)cc1. The first-order chi connectivity index (χ1) is 9.52. The molecular formula is C16H22N2O2. The Hall–Kier alpha value is -1.81. The quantitative estimate of drug-likeness (QED) is 0.911. The van der Waals surface area contributed by atoms with Crippen LogP contribution in [-0.4, -0.2) is 22.0 Å². The molecule has 1 aromatic heterocycles. The van der Waals surface area contributed by atoms with Crippen molar-refractivity contribution >= 4 is 0 Å². The Bertz CT molecular complexity index is 558. The highest BCUT2D eigenvalue weighted by atomic mass is 16.5. The van der Waals surface area contributed by atoms with Gasteiger partial charge in [0.05, 0.1) is 13.3 Å². The Kier molecular flexibility index (Phi) is 4.45. The molecule has 1 N–H and O–H groups in total. The Labute approximate surface area is 120 Å². The molecule has 20 heavy (non-hydrogen) atoms. The summed E-state index contributed by atoms with van der Waals surface area (Å²) in [5, 5.41) is 14.8. The lowest BCUT2D eigenvalue weighted by Crippen LogP contribution is -2.13. The second kappa shape index (κ2) is 6.09. The summed E-state index contributed by atoms with van der Waals surface area (Å²) in [4.78, 5) is 0. The largest absolute Gasteiger partial charge is 0.493 e. The van der Waals surface area contributed by atoms with E-state index in [0.29, 0.717) is 12.2 Å². The molecule has 0 aliphatic carbocycles. The van der Waals surface area contributed by atoms with Gasteiger partial charge in [0.25, 0.3) is 0 Å². The van der Waals surface area contributed by atoms with Gasteiger partial charge in [-0.2, -0.15) is 5.10 Å². The van der Waals surface area contributed by atoms with E-state index in [9.17, 15) is 5.11 Å². The highest BCUT2D eigenvalue weighted by Crippen LogP contribution is 2.29. The zero-order valence-electron chi connectivity index (χ0n) is 12.5. The number of methoxy groups -OCH3 is 1. The summed E-state index contributed by atoms with van der Waals surface area (Å²) in [7, 11) is 1.60. The van der Waals surface area contributed by atoms with Crippen molar-refractivity contribution in [3.63, 3.8) is 0 Å². The van der Waals surface area contributed by atoms with Gasteiger partial charge < -0.3 is 9.84 Å². The van der Waals surface area contributed by atoms with Crippen molar-refractivity contribution in [2.45, 2.75) is 39.3 Å². The Morgan fingerprint density at radius 1 is 1.25 bits per heavy atom. The van der Waals surface area contributed by atoms with Crippen LogP contribution in [0.2, 0.25) is 0 Å². The second-order valence-corrected chi connectivity index (χ2v) is 5.34. The Morgan fingerprint density at radius 3 is 2.45 bits per heavy atom. The molecule has 0 bridgehead atoms. The molecule has 4 heteroatoms. The molecule has 1 aromatic carbocycles. The van der Waals surface area contributed by atoms with Crippen molar-refractivity contribution in [3.05, 3.63) is 47.3 Å². The number of aliphatic hydroxyl groups is 1. The molecule has 0 aliphatic heterocycles. The van der Waals surface area contributed by atoms with Crippen molar-refractivity contribution in [2.75, 3.05) is 7.11 Å². The topological polar surface area (TPSA) is 47.3 Å². The molecular weight excluding hydrogens is 252 g/mol. The standard InChI is InChI=1S/C16H22N2O2/c1-11(2)18-16(15(20-4)10-17-18)14(19)9-13-7-5-12(3)6-8-13/h5-8,10-11,14,19H,9H2,1-4H3. The van der Waals surface area contributed by atoms with Crippen LogP contribution in [0.4, 0.5) is 0 Å². The van der Waals surface area contributed by atoms with Crippen LogP contribution in [-0.2, 0) is 6.42 Å². The van der Waals surface area contributed by atoms with E-state index >= 15 is 0 Å². The smallest absolute Gasteiger partial charge is 0.162 e. The molecule has 0 spiro atoms. The Morgan fingerprint density at radius 2 is 1.90 bits per heavy atom. The van der Waals surface area contributed by atoms with Gasteiger partial charge in [0.2, 0.25) is 0 Å². The van der Waals surface area contributed by atoms with Crippen LogP contribution in [0.1, 0.15) is 42.8 Å². The zero-order chi connectivity index (χ0) is 14.7.